The first-order chi connectivity index (χ1) is 11.6. The number of rotatable bonds is 8. The normalized spacial score (nSPS) is 11.9. The molecule has 128 valence electrons. The van der Waals surface area contributed by atoms with Gasteiger partial charge in [0.2, 0.25) is 5.91 Å². The fraction of sp³-hybridized carbons (Fsp3) is 0.278. The van der Waals surface area contributed by atoms with E-state index >= 15 is 0 Å². The van der Waals surface area contributed by atoms with Crippen LogP contribution in [0.5, 0.6) is 0 Å². The van der Waals surface area contributed by atoms with Crippen LogP contribution in [0.4, 0.5) is 10.1 Å². The molecule has 1 atom stereocenters. The topological polar surface area (TPSA) is 55.4 Å². The second-order valence-corrected chi connectivity index (χ2v) is 6.91. The summed E-state index contributed by atoms with van der Waals surface area (Å²) in [6, 6.07) is 13.1. The van der Waals surface area contributed by atoms with E-state index in [9.17, 15) is 13.4 Å². The van der Waals surface area contributed by atoms with Crippen LogP contribution in [-0.4, -0.2) is 29.6 Å². The summed E-state index contributed by atoms with van der Waals surface area (Å²) >= 11 is 0. The average Bonchev–Trinajstić information content (AvgIpc) is 2.55. The molecule has 24 heavy (non-hydrogen) atoms. The zero-order valence-corrected chi connectivity index (χ0v) is 14.3. The number of hydrogen-bond acceptors (Lipinski definition) is 3. The number of nitrogens with one attached hydrogen (secondary N) is 1. The third-order valence-electron chi connectivity index (χ3n) is 3.33. The van der Waals surface area contributed by atoms with Crippen LogP contribution in [0.25, 0.3) is 0 Å². The first kappa shape index (κ1) is 18.3. The molecule has 0 aliphatic carbocycles. The predicted octanol–water partition coefficient (Wildman–Crippen LogP) is 2.90. The van der Waals surface area contributed by atoms with Gasteiger partial charge in [-0.1, -0.05) is 24.3 Å². The minimum Gasteiger partial charge on any atom is -0.384 e. The van der Waals surface area contributed by atoms with Crippen LogP contribution in [0, 0.1) is 5.82 Å². The highest BCUT2D eigenvalue weighted by atomic mass is 32.2. The molecule has 0 aromatic heterocycles. The number of carbonyl (C=O) groups is 1. The van der Waals surface area contributed by atoms with Crippen molar-refractivity contribution in [3.8, 4) is 0 Å². The lowest BCUT2D eigenvalue weighted by Crippen LogP contribution is -2.14. The van der Waals surface area contributed by atoms with Crippen molar-refractivity contribution < 1.29 is 18.1 Å². The van der Waals surface area contributed by atoms with Crippen LogP contribution >= 0.6 is 0 Å². The van der Waals surface area contributed by atoms with E-state index in [1.54, 1.807) is 25.3 Å². The standard InChI is InChI=1S/C18H20FNO3S/c1-23-9-10-24(22)13-15-3-2-4-17(11-15)20-18(21)12-14-5-7-16(19)8-6-14/h2-8,11H,9-10,12-13H2,1H3,(H,20,21)/t24-/m0/s1. The minimum absolute atomic E-state index is 0.171. The van der Waals surface area contributed by atoms with Gasteiger partial charge in [-0.2, -0.15) is 0 Å². The Morgan fingerprint density at radius 1 is 1.17 bits per heavy atom. The number of ether oxygens (including phenoxy) is 1. The fourth-order valence-corrected chi connectivity index (χ4v) is 3.21. The van der Waals surface area contributed by atoms with Crippen LogP contribution in [0.3, 0.4) is 0 Å². The number of benzene rings is 2. The highest BCUT2D eigenvalue weighted by Gasteiger charge is 2.07. The van der Waals surface area contributed by atoms with Gasteiger partial charge in [-0.05, 0) is 35.4 Å². The van der Waals surface area contributed by atoms with Gasteiger partial charge in [-0.15, -0.1) is 0 Å². The van der Waals surface area contributed by atoms with Crippen molar-refractivity contribution in [2.75, 3.05) is 24.8 Å². The summed E-state index contributed by atoms with van der Waals surface area (Å²) in [4.78, 5) is 12.1. The zero-order chi connectivity index (χ0) is 17.4. The molecule has 0 bridgehead atoms. The van der Waals surface area contributed by atoms with Gasteiger partial charge in [0.1, 0.15) is 5.82 Å². The van der Waals surface area contributed by atoms with Crippen molar-refractivity contribution >= 4 is 22.4 Å². The number of halogens is 1. The maximum absolute atomic E-state index is 12.9. The lowest BCUT2D eigenvalue weighted by atomic mass is 10.1. The van der Waals surface area contributed by atoms with Gasteiger partial charge in [0.15, 0.2) is 0 Å². The van der Waals surface area contributed by atoms with Crippen LogP contribution in [-0.2, 0) is 32.5 Å². The molecule has 0 fully saturated rings. The van der Waals surface area contributed by atoms with Gasteiger partial charge < -0.3 is 10.1 Å². The molecule has 0 saturated heterocycles. The van der Waals surface area contributed by atoms with E-state index in [2.05, 4.69) is 5.32 Å². The van der Waals surface area contributed by atoms with E-state index in [0.717, 1.165) is 11.1 Å². The molecule has 2 aromatic carbocycles. The maximum Gasteiger partial charge on any atom is 0.228 e. The van der Waals surface area contributed by atoms with Gasteiger partial charge >= 0.3 is 0 Å². The molecule has 2 rings (SSSR count). The van der Waals surface area contributed by atoms with Crippen molar-refractivity contribution in [2.24, 2.45) is 0 Å². The molecule has 2 aromatic rings. The Labute approximate surface area is 143 Å². The third kappa shape index (κ3) is 6.22. The molecule has 0 saturated carbocycles. The van der Waals surface area contributed by atoms with Crippen molar-refractivity contribution in [1.29, 1.82) is 0 Å². The van der Waals surface area contributed by atoms with Crippen LogP contribution < -0.4 is 5.32 Å². The second-order valence-electron chi connectivity index (χ2n) is 5.33. The Bertz CT molecular complexity index is 704. The SMILES string of the molecule is COCC[S@](=O)Cc1cccc(NC(=O)Cc2ccc(F)cc2)c1. The van der Waals surface area contributed by atoms with E-state index in [1.807, 2.05) is 18.2 Å². The molecule has 0 heterocycles. The summed E-state index contributed by atoms with van der Waals surface area (Å²) in [5.74, 6) is 0.399. The molecule has 1 amide bonds. The highest BCUT2D eigenvalue weighted by molar-refractivity contribution is 7.84. The molecule has 0 aliphatic heterocycles. The Hall–Kier alpha value is -2.05. The van der Waals surface area contributed by atoms with Gasteiger partial charge in [0.25, 0.3) is 0 Å². The fourth-order valence-electron chi connectivity index (χ4n) is 2.17. The van der Waals surface area contributed by atoms with Gasteiger partial charge in [-0.25, -0.2) is 4.39 Å². The van der Waals surface area contributed by atoms with Crippen LogP contribution in [0.1, 0.15) is 11.1 Å². The van der Waals surface area contributed by atoms with E-state index in [1.165, 1.54) is 12.1 Å². The quantitative estimate of drug-likeness (QED) is 0.797. The Morgan fingerprint density at radius 2 is 1.92 bits per heavy atom. The van der Waals surface area contributed by atoms with E-state index in [4.69, 9.17) is 4.74 Å². The Kier molecular flexibility index (Phi) is 7.08. The summed E-state index contributed by atoms with van der Waals surface area (Å²) in [7, 11) is 0.579. The third-order valence-corrected chi connectivity index (χ3v) is 4.61. The number of carbonyl (C=O) groups excluding carboxylic acids is 1. The van der Waals surface area contributed by atoms with Gasteiger partial charge in [0.05, 0.1) is 13.0 Å². The van der Waals surface area contributed by atoms with Crippen molar-refractivity contribution in [1.82, 2.24) is 0 Å². The average molecular weight is 349 g/mol. The summed E-state index contributed by atoms with van der Waals surface area (Å²) in [5, 5.41) is 2.81. The van der Waals surface area contributed by atoms with Crippen molar-refractivity contribution in [3.63, 3.8) is 0 Å². The molecule has 0 unspecified atom stereocenters. The van der Waals surface area contributed by atoms with Crippen molar-refractivity contribution in [2.45, 2.75) is 12.2 Å². The smallest absolute Gasteiger partial charge is 0.228 e. The molecular weight excluding hydrogens is 329 g/mol. The summed E-state index contributed by atoms with van der Waals surface area (Å²) in [6.45, 7) is 0.459. The first-order valence-electron chi connectivity index (χ1n) is 7.54. The maximum atomic E-state index is 12.9. The molecule has 0 spiro atoms. The Balaban J connectivity index is 1.92. The lowest BCUT2D eigenvalue weighted by Gasteiger charge is -2.08. The molecule has 6 heteroatoms. The molecule has 0 radical (unpaired) electrons. The van der Waals surface area contributed by atoms with E-state index in [0.29, 0.717) is 23.8 Å². The van der Waals surface area contributed by atoms with Crippen LogP contribution in [0.15, 0.2) is 48.5 Å². The van der Waals surface area contributed by atoms with Gasteiger partial charge in [0, 0.05) is 35.1 Å². The van der Waals surface area contributed by atoms with E-state index < -0.39 is 10.8 Å². The minimum atomic E-state index is -0.999. The Morgan fingerprint density at radius 3 is 2.62 bits per heavy atom. The number of amides is 1. The summed E-state index contributed by atoms with van der Waals surface area (Å²) < 4.78 is 29.7. The number of hydrogen-bond donors (Lipinski definition) is 1. The highest BCUT2D eigenvalue weighted by Crippen LogP contribution is 2.13. The van der Waals surface area contributed by atoms with Crippen molar-refractivity contribution in [3.05, 3.63) is 65.5 Å². The lowest BCUT2D eigenvalue weighted by molar-refractivity contribution is -0.115. The second kappa shape index (κ2) is 9.30. The molecular formula is C18H20FNO3S. The first-order valence-corrected chi connectivity index (χ1v) is 9.03. The molecule has 4 nitrogen and oxygen atoms in total. The number of methoxy groups -OCH3 is 1. The molecule has 1 N–H and O–H groups in total. The van der Waals surface area contributed by atoms with Crippen LogP contribution in [0.2, 0.25) is 0 Å². The monoisotopic (exact) mass is 349 g/mol. The number of anilines is 1. The summed E-state index contributed by atoms with van der Waals surface area (Å²) in [5.41, 5.74) is 2.29. The molecule has 0 aliphatic rings. The summed E-state index contributed by atoms with van der Waals surface area (Å²) in [6.07, 6.45) is 0.171. The van der Waals surface area contributed by atoms with E-state index in [-0.39, 0.29) is 18.1 Å². The van der Waals surface area contributed by atoms with Gasteiger partial charge in [-0.3, -0.25) is 9.00 Å². The zero-order valence-electron chi connectivity index (χ0n) is 13.5. The predicted molar refractivity (Wildman–Crippen MR) is 93.8 cm³/mol. The largest absolute Gasteiger partial charge is 0.384 e.